The van der Waals surface area contributed by atoms with Crippen molar-refractivity contribution in [2.45, 2.75) is 13.1 Å². The highest BCUT2D eigenvalue weighted by Gasteiger charge is 2.16. The fourth-order valence-electron chi connectivity index (χ4n) is 2.54. The lowest BCUT2D eigenvalue weighted by molar-refractivity contribution is 0.0904. The Bertz CT molecular complexity index is 1180. The molecular formula is C19H14FN5O4. The molecule has 0 bridgehead atoms. The number of carbonyl (C=O) groups excluding carboxylic acids is 1. The Labute approximate surface area is 162 Å². The first-order valence-corrected chi connectivity index (χ1v) is 8.56. The Morgan fingerprint density at radius 2 is 1.97 bits per heavy atom. The van der Waals surface area contributed by atoms with Crippen molar-refractivity contribution >= 4 is 5.91 Å². The van der Waals surface area contributed by atoms with E-state index in [4.69, 9.17) is 8.94 Å². The highest BCUT2D eigenvalue weighted by molar-refractivity contribution is 5.89. The van der Waals surface area contributed by atoms with Crippen LogP contribution in [0.2, 0.25) is 0 Å². The zero-order chi connectivity index (χ0) is 20.2. The van der Waals surface area contributed by atoms with Gasteiger partial charge >= 0.3 is 11.8 Å². The lowest BCUT2D eigenvalue weighted by Gasteiger charge is -2.05. The molecule has 0 saturated carbocycles. The van der Waals surface area contributed by atoms with Gasteiger partial charge in [0.25, 0.3) is 5.56 Å². The first-order valence-electron chi connectivity index (χ1n) is 8.56. The summed E-state index contributed by atoms with van der Waals surface area (Å²) < 4.78 is 24.3. The molecule has 0 spiro atoms. The third-order valence-electron chi connectivity index (χ3n) is 3.96. The molecule has 0 atom stereocenters. The zero-order valence-corrected chi connectivity index (χ0v) is 14.9. The number of halogens is 1. The minimum Gasteiger partial charge on any atom is -0.467 e. The molecule has 146 valence electrons. The predicted molar refractivity (Wildman–Crippen MR) is 97.2 cm³/mol. The van der Waals surface area contributed by atoms with Crippen LogP contribution in [0.25, 0.3) is 11.3 Å². The molecule has 0 aliphatic heterocycles. The summed E-state index contributed by atoms with van der Waals surface area (Å²) in [6.45, 7) is 0.0765. The third kappa shape index (κ3) is 4.26. The fraction of sp³-hybridized carbons (Fsp3) is 0.105. The van der Waals surface area contributed by atoms with Crippen molar-refractivity contribution in [3.8, 4) is 11.3 Å². The number of hydrogen-bond acceptors (Lipinski definition) is 7. The highest BCUT2D eigenvalue weighted by atomic mass is 19.1. The molecule has 4 aromatic rings. The molecular weight excluding hydrogens is 381 g/mol. The number of nitrogens with one attached hydrogen (secondary N) is 1. The number of aromatic nitrogens is 4. The van der Waals surface area contributed by atoms with Gasteiger partial charge in [0.15, 0.2) is 5.82 Å². The van der Waals surface area contributed by atoms with Crippen LogP contribution in [-0.2, 0) is 13.1 Å². The summed E-state index contributed by atoms with van der Waals surface area (Å²) in [7, 11) is 0. The van der Waals surface area contributed by atoms with Crippen LogP contribution in [0.4, 0.5) is 4.39 Å². The molecule has 0 saturated heterocycles. The molecule has 4 rings (SSSR count). The Hall–Kier alpha value is -4.08. The first kappa shape index (κ1) is 18.3. The fourth-order valence-corrected chi connectivity index (χ4v) is 2.54. The predicted octanol–water partition coefficient (Wildman–Crippen LogP) is 2.00. The Kier molecular flexibility index (Phi) is 4.97. The van der Waals surface area contributed by atoms with Gasteiger partial charge in [0.1, 0.15) is 18.1 Å². The second-order valence-electron chi connectivity index (χ2n) is 6.00. The summed E-state index contributed by atoms with van der Waals surface area (Å²) in [5.74, 6) is -0.494. The van der Waals surface area contributed by atoms with Crippen LogP contribution in [0.1, 0.15) is 22.3 Å². The summed E-state index contributed by atoms with van der Waals surface area (Å²) in [6, 6.07) is 12.0. The Balaban J connectivity index is 1.48. The topological polar surface area (TPSA) is 116 Å². The van der Waals surface area contributed by atoms with E-state index in [0.717, 1.165) is 4.68 Å². The largest absolute Gasteiger partial charge is 0.467 e. The maximum absolute atomic E-state index is 13.1. The van der Waals surface area contributed by atoms with E-state index in [1.54, 1.807) is 24.3 Å². The molecule has 1 N–H and O–H groups in total. The molecule has 0 fully saturated rings. The molecule has 3 heterocycles. The average Bonchev–Trinajstić information content (AvgIpc) is 3.41. The maximum atomic E-state index is 13.1. The van der Waals surface area contributed by atoms with Crippen molar-refractivity contribution in [2.75, 3.05) is 0 Å². The van der Waals surface area contributed by atoms with E-state index >= 15 is 0 Å². The van der Waals surface area contributed by atoms with Crippen LogP contribution >= 0.6 is 0 Å². The summed E-state index contributed by atoms with van der Waals surface area (Å²) in [5, 5.41) is 10.5. The third-order valence-corrected chi connectivity index (χ3v) is 3.96. The van der Waals surface area contributed by atoms with E-state index in [1.165, 1.54) is 30.5 Å². The van der Waals surface area contributed by atoms with Crippen molar-refractivity contribution in [1.82, 2.24) is 25.2 Å². The number of benzene rings is 1. The van der Waals surface area contributed by atoms with Crippen LogP contribution in [0, 0.1) is 5.82 Å². The normalized spacial score (nSPS) is 10.8. The molecule has 0 radical (unpaired) electrons. The molecule has 0 aliphatic rings. The smallest absolute Gasteiger partial charge is 0.316 e. The van der Waals surface area contributed by atoms with Gasteiger partial charge in [-0.15, -0.1) is 0 Å². The number of nitrogens with zero attached hydrogens (tertiary/aromatic N) is 4. The molecule has 10 heteroatoms. The maximum Gasteiger partial charge on any atom is 0.316 e. The molecule has 9 nitrogen and oxygen atoms in total. The van der Waals surface area contributed by atoms with E-state index in [-0.39, 0.29) is 36.2 Å². The first-order chi connectivity index (χ1) is 14.1. The van der Waals surface area contributed by atoms with Crippen LogP contribution in [0.5, 0.6) is 0 Å². The average molecular weight is 395 g/mol. The summed E-state index contributed by atoms with van der Waals surface area (Å²) in [5.41, 5.74) is 0.736. The van der Waals surface area contributed by atoms with Crippen molar-refractivity contribution in [3.05, 3.63) is 88.4 Å². The molecule has 29 heavy (non-hydrogen) atoms. The van der Waals surface area contributed by atoms with Gasteiger partial charge in [-0.3, -0.25) is 9.59 Å². The van der Waals surface area contributed by atoms with E-state index in [9.17, 15) is 14.0 Å². The number of carbonyl (C=O) groups is 1. The van der Waals surface area contributed by atoms with Crippen molar-refractivity contribution in [2.24, 2.45) is 0 Å². The summed E-state index contributed by atoms with van der Waals surface area (Å²) in [4.78, 5) is 28.2. The summed E-state index contributed by atoms with van der Waals surface area (Å²) >= 11 is 0. The van der Waals surface area contributed by atoms with E-state index in [1.807, 2.05) is 0 Å². The van der Waals surface area contributed by atoms with Crippen LogP contribution in [-0.4, -0.2) is 25.8 Å². The molecule has 0 aliphatic carbocycles. The van der Waals surface area contributed by atoms with Gasteiger partial charge < -0.3 is 14.3 Å². The van der Waals surface area contributed by atoms with E-state index in [2.05, 4.69) is 20.6 Å². The second-order valence-corrected chi connectivity index (χ2v) is 6.00. The molecule has 1 aromatic carbocycles. The van der Waals surface area contributed by atoms with Crippen molar-refractivity contribution in [1.29, 1.82) is 0 Å². The van der Waals surface area contributed by atoms with E-state index < -0.39 is 5.91 Å². The zero-order valence-electron chi connectivity index (χ0n) is 14.9. The lowest BCUT2D eigenvalue weighted by atomic mass is 10.1. The van der Waals surface area contributed by atoms with Crippen LogP contribution in [0.15, 0.2) is 68.5 Å². The monoisotopic (exact) mass is 395 g/mol. The standard InChI is InChI=1S/C19H14FN5O4/c20-13-5-3-12(4-6-13)15-7-8-17(26)25(23-15)11-16-22-19(29-24-16)18(27)21-10-14-2-1-9-28-14/h1-9H,10-11H2,(H,21,27). The van der Waals surface area contributed by atoms with Gasteiger partial charge in [-0.1, -0.05) is 5.16 Å². The highest BCUT2D eigenvalue weighted by Crippen LogP contribution is 2.15. The number of rotatable bonds is 6. The lowest BCUT2D eigenvalue weighted by Crippen LogP contribution is -2.24. The van der Waals surface area contributed by atoms with Crippen molar-refractivity contribution in [3.63, 3.8) is 0 Å². The van der Waals surface area contributed by atoms with Gasteiger partial charge in [-0.05, 0) is 42.5 Å². The van der Waals surface area contributed by atoms with Crippen molar-refractivity contribution < 1.29 is 18.1 Å². The summed E-state index contributed by atoms with van der Waals surface area (Å²) in [6.07, 6.45) is 1.50. The Morgan fingerprint density at radius 3 is 2.72 bits per heavy atom. The quantitative estimate of drug-likeness (QED) is 0.531. The number of furan rings is 1. The molecule has 1 amide bonds. The minimum atomic E-state index is -0.569. The van der Waals surface area contributed by atoms with Gasteiger partial charge in [0, 0.05) is 11.6 Å². The van der Waals surface area contributed by atoms with E-state index in [0.29, 0.717) is 17.0 Å². The SMILES string of the molecule is O=C(NCc1ccco1)c1nc(Cn2nc(-c3ccc(F)cc3)ccc2=O)no1. The molecule has 3 aromatic heterocycles. The number of hydrogen-bond donors (Lipinski definition) is 1. The molecule has 0 unspecified atom stereocenters. The minimum absolute atomic E-state index is 0.0944. The van der Waals surface area contributed by atoms with Crippen LogP contribution in [0.3, 0.4) is 0 Å². The second kappa shape index (κ2) is 7.89. The van der Waals surface area contributed by atoms with Gasteiger partial charge in [-0.25, -0.2) is 9.07 Å². The van der Waals surface area contributed by atoms with Crippen LogP contribution < -0.4 is 10.9 Å². The Morgan fingerprint density at radius 1 is 1.14 bits per heavy atom. The van der Waals surface area contributed by atoms with Gasteiger partial charge in [-0.2, -0.15) is 10.1 Å². The number of amides is 1. The van der Waals surface area contributed by atoms with Gasteiger partial charge in [0.2, 0.25) is 0 Å². The van der Waals surface area contributed by atoms with Gasteiger partial charge in [0.05, 0.1) is 18.5 Å².